The number of carboxylic acids is 1. The molecule has 0 aliphatic carbocycles. The number of hydrogen-bond acceptors (Lipinski definition) is 3. The minimum Gasteiger partial charge on any atom is -0.478 e. The van der Waals surface area contributed by atoms with E-state index in [1.54, 1.807) is 12.2 Å². The second-order valence-corrected chi connectivity index (χ2v) is 2.96. The Labute approximate surface area is 80.2 Å². The van der Waals surface area contributed by atoms with Crippen molar-refractivity contribution in [1.29, 1.82) is 0 Å². The highest BCUT2D eigenvalue weighted by molar-refractivity contribution is 7.04. The van der Waals surface area contributed by atoms with E-state index < -0.39 is 5.97 Å². The second kappa shape index (κ2) is 4.00. The van der Waals surface area contributed by atoms with Crippen molar-refractivity contribution in [3.05, 3.63) is 35.4 Å². The maximum atomic E-state index is 10.7. The van der Waals surface area contributed by atoms with Crippen LogP contribution in [0.25, 0.3) is 5.57 Å². The molecule has 68 valence electrons. The van der Waals surface area contributed by atoms with Gasteiger partial charge in [-0.3, -0.25) is 0 Å². The molecule has 1 heterocycles. The van der Waals surface area contributed by atoms with Crippen LogP contribution in [0, 0.1) is 0 Å². The fraction of sp³-hybridized carbons (Fsp3) is 0.111. The molecule has 1 rings (SSSR count). The number of aromatic nitrogens is 1. The van der Waals surface area contributed by atoms with Gasteiger partial charge in [-0.05, 0) is 24.0 Å². The van der Waals surface area contributed by atoms with Gasteiger partial charge in [-0.15, -0.1) is 0 Å². The third-order valence-corrected chi connectivity index (χ3v) is 2.23. The van der Waals surface area contributed by atoms with E-state index in [9.17, 15) is 4.79 Å². The van der Waals surface area contributed by atoms with E-state index in [-0.39, 0.29) is 5.56 Å². The third-order valence-electron chi connectivity index (χ3n) is 1.60. The fourth-order valence-corrected chi connectivity index (χ4v) is 1.63. The molecule has 4 heteroatoms. The predicted molar refractivity (Wildman–Crippen MR) is 52.9 cm³/mol. The first-order valence-corrected chi connectivity index (χ1v) is 4.51. The van der Waals surface area contributed by atoms with Crippen LogP contribution < -0.4 is 0 Å². The van der Waals surface area contributed by atoms with E-state index in [1.165, 1.54) is 5.38 Å². The van der Waals surface area contributed by atoms with E-state index in [4.69, 9.17) is 5.11 Å². The summed E-state index contributed by atoms with van der Waals surface area (Å²) >= 11 is 1.13. The van der Waals surface area contributed by atoms with Crippen LogP contribution in [0.15, 0.2) is 24.1 Å². The Kier molecular flexibility index (Phi) is 2.97. The number of aromatic carboxylic acids is 1. The topological polar surface area (TPSA) is 50.2 Å². The minimum atomic E-state index is -0.954. The monoisotopic (exact) mass is 195 g/mol. The second-order valence-electron chi connectivity index (χ2n) is 2.33. The lowest BCUT2D eigenvalue weighted by molar-refractivity contribution is 0.0697. The Morgan fingerprint density at radius 1 is 1.77 bits per heavy atom. The van der Waals surface area contributed by atoms with Crippen molar-refractivity contribution in [2.24, 2.45) is 0 Å². The highest BCUT2D eigenvalue weighted by atomic mass is 32.1. The SMILES string of the molecule is C=C/C(=C\C)c1nscc1C(=O)O. The number of carboxylic acid groups (broad SMARTS) is 1. The van der Waals surface area contributed by atoms with Gasteiger partial charge in [-0.1, -0.05) is 18.7 Å². The molecule has 0 saturated heterocycles. The summed E-state index contributed by atoms with van der Waals surface area (Å²) in [6.07, 6.45) is 3.38. The number of allylic oxidation sites excluding steroid dienone is 3. The van der Waals surface area contributed by atoms with Crippen LogP contribution in [-0.2, 0) is 0 Å². The zero-order valence-corrected chi connectivity index (χ0v) is 7.97. The van der Waals surface area contributed by atoms with Gasteiger partial charge >= 0.3 is 5.97 Å². The molecule has 0 amide bonds. The molecule has 0 saturated carbocycles. The Hall–Kier alpha value is -1.42. The van der Waals surface area contributed by atoms with Gasteiger partial charge in [-0.25, -0.2) is 4.79 Å². The lowest BCUT2D eigenvalue weighted by atomic mass is 10.1. The Morgan fingerprint density at radius 3 is 2.92 bits per heavy atom. The average molecular weight is 195 g/mol. The summed E-state index contributed by atoms with van der Waals surface area (Å²) in [4.78, 5) is 10.7. The molecule has 0 aromatic carbocycles. The van der Waals surface area contributed by atoms with Gasteiger partial charge in [0.2, 0.25) is 0 Å². The molecular formula is C9H9NO2S. The normalized spacial score (nSPS) is 11.3. The fourth-order valence-electron chi connectivity index (χ4n) is 0.948. The molecule has 0 unspecified atom stereocenters. The molecule has 1 aromatic rings. The lowest BCUT2D eigenvalue weighted by Gasteiger charge is -1.97. The first-order valence-electron chi connectivity index (χ1n) is 3.67. The Morgan fingerprint density at radius 2 is 2.46 bits per heavy atom. The molecule has 0 fully saturated rings. The molecule has 0 bridgehead atoms. The van der Waals surface area contributed by atoms with E-state index in [1.807, 2.05) is 6.92 Å². The summed E-state index contributed by atoms with van der Waals surface area (Å²) in [5, 5.41) is 10.3. The van der Waals surface area contributed by atoms with E-state index in [2.05, 4.69) is 11.0 Å². The van der Waals surface area contributed by atoms with Crippen molar-refractivity contribution >= 4 is 23.1 Å². The summed E-state index contributed by atoms with van der Waals surface area (Å²) in [6, 6.07) is 0. The van der Waals surface area contributed by atoms with Gasteiger partial charge in [0.15, 0.2) is 0 Å². The van der Waals surface area contributed by atoms with Gasteiger partial charge in [0, 0.05) is 5.38 Å². The average Bonchev–Trinajstić information content (AvgIpc) is 2.55. The zero-order chi connectivity index (χ0) is 9.84. The summed E-state index contributed by atoms with van der Waals surface area (Å²) in [6.45, 7) is 5.41. The number of rotatable bonds is 3. The lowest BCUT2D eigenvalue weighted by Crippen LogP contribution is -1.98. The Bertz CT molecular complexity index is 365. The van der Waals surface area contributed by atoms with Gasteiger partial charge < -0.3 is 5.11 Å². The standard InChI is InChI=1S/C9H9NO2S/c1-3-6(4-2)8-7(9(11)12)5-13-10-8/h3-5H,1H2,2H3,(H,11,12)/b6-4+. The minimum absolute atomic E-state index is 0.234. The molecule has 0 spiro atoms. The van der Waals surface area contributed by atoms with E-state index >= 15 is 0 Å². The maximum Gasteiger partial charge on any atom is 0.338 e. The van der Waals surface area contributed by atoms with Crippen molar-refractivity contribution in [2.75, 3.05) is 0 Å². The van der Waals surface area contributed by atoms with Crippen molar-refractivity contribution in [3.63, 3.8) is 0 Å². The molecule has 1 N–H and O–H groups in total. The number of hydrogen-bond donors (Lipinski definition) is 1. The van der Waals surface area contributed by atoms with Crippen LogP contribution in [0.5, 0.6) is 0 Å². The van der Waals surface area contributed by atoms with Gasteiger partial charge in [0.1, 0.15) is 0 Å². The zero-order valence-electron chi connectivity index (χ0n) is 7.15. The highest BCUT2D eigenvalue weighted by Gasteiger charge is 2.13. The van der Waals surface area contributed by atoms with Gasteiger partial charge in [0.25, 0.3) is 0 Å². The van der Waals surface area contributed by atoms with E-state index in [0.717, 1.165) is 17.1 Å². The van der Waals surface area contributed by atoms with Crippen molar-refractivity contribution in [2.45, 2.75) is 6.92 Å². The van der Waals surface area contributed by atoms with Crippen LogP contribution in [0.3, 0.4) is 0 Å². The van der Waals surface area contributed by atoms with Crippen LogP contribution in [0.2, 0.25) is 0 Å². The summed E-state index contributed by atoms with van der Waals surface area (Å²) in [5.74, 6) is -0.954. The van der Waals surface area contributed by atoms with Gasteiger partial charge in [0.05, 0.1) is 11.3 Å². The molecule has 13 heavy (non-hydrogen) atoms. The van der Waals surface area contributed by atoms with Crippen LogP contribution >= 0.6 is 11.5 Å². The smallest absolute Gasteiger partial charge is 0.338 e. The van der Waals surface area contributed by atoms with Gasteiger partial charge in [-0.2, -0.15) is 4.37 Å². The molecule has 0 atom stereocenters. The first kappa shape index (κ1) is 9.67. The van der Waals surface area contributed by atoms with Crippen LogP contribution in [0.1, 0.15) is 23.0 Å². The molecule has 1 aromatic heterocycles. The molecule has 3 nitrogen and oxygen atoms in total. The summed E-state index contributed by atoms with van der Waals surface area (Å²) in [5.41, 5.74) is 1.48. The largest absolute Gasteiger partial charge is 0.478 e. The number of carbonyl (C=O) groups is 1. The quantitative estimate of drug-likeness (QED) is 0.753. The molecule has 0 aliphatic rings. The van der Waals surface area contributed by atoms with Crippen molar-refractivity contribution < 1.29 is 9.90 Å². The number of nitrogens with zero attached hydrogens (tertiary/aromatic N) is 1. The van der Waals surface area contributed by atoms with Crippen LogP contribution in [-0.4, -0.2) is 15.4 Å². The predicted octanol–water partition coefficient (Wildman–Crippen LogP) is 2.43. The first-order chi connectivity index (χ1) is 6.20. The summed E-state index contributed by atoms with van der Waals surface area (Å²) < 4.78 is 4.00. The molecule has 0 radical (unpaired) electrons. The summed E-state index contributed by atoms with van der Waals surface area (Å²) in [7, 11) is 0. The third kappa shape index (κ3) is 1.84. The molecular weight excluding hydrogens is 186 g/mol. The van der Waals surface area contributed by atoms with Crippen LogP contribution in [0.4, 0.5) is 0 Å². The maximum absolute atomic E-state index is 10.7. The van der Waals surface area contributed by atoms with Crippen molar-refractivity contribution in [1.82, 2.24) is 4.37 Å². The highest BCUT2D eigenvalue weighted by Crippen LogP contribution is 2.20. The molecule has 0 aliphatic heterocycles. The van der Waals surface area contributed by atoms with Crippen molar-refractivity contribution in [3.8, 4) is 0 Å². The van der Waals surface area contributed by atoms with E-state index in [0.29, 0.717) is 5.69 Å². The Balaban J connectivity index is 3.21.